The predicted molar refractivity (Wildman–Crippen MR) is 113 cm³/mol. The molecular formula is C22H23N3O4S. The van der Waals surface area contributed by atoms with Crippen molar-refractivity contribution in [2.75, 3.05) is 26.2 Å². The normalized spacial score (nSPS) is 16.8. The van der Waals surface area contributed by atoms with Crippen LogP contribution < -0.4 is 0 Å². The van der Waals surface area contributed by atoms with Gasteiger partial charge >= 0.3 is 0 Å². The molecule has 1 aromatic heterocycles. The van der Waals surface area contributed by atoms with Crippen LogP contribution in [0.4, 0.5) is 0 Å². The predicted octanol–water partition coefficient (Wildman–Crippen LogP) is 2.74. The first kappa shape index (κ1) is 20.3. The summed E-state index contributed by atoms with van der Waals surface area (Å²) >= 11 is 1.41. The highest BCUT2D eigenvalue weighted by Gasteiger charge is 2.37. The average Bonchev–Trinajstić information content (AvgIpc) is 3.26. The van der Waals surface area contributed by atoms with Crippen molar-refractivity contribution in [3.8, 4) is 0 Å². The molecule has 4 amide bonds. The van der Waals surface area contributed by atoms with Crippen molar-refractivity contribution in [1.82, 2.24) is 14.7 Å². The van der Waals surface area contributed by atoms with E-state index in [1.807, 2.05) is 17.5 Å². The van der Waals surface area contributed by atoms with Gasteiger partial charge in [-0.05, 0) is 49.9 Å². The van der Waals surface area contributed by atoms with Gasteiger partial charge in [0.05, 0.1) is 16.0 Å². The third kappa shape index (κ3) is 3.52. The molecule has 8 heteroatoms. The summed E-state index contributed by atoms with van der Waals surface area (Å²) in [5, 5.41) is 1.88. The molecule has 0 unspecified atom stereocenters. The highest BCUT2D eigenvalue weighted by Crippen LogP contribution is 2.26. The van der Waals surface area contributed by atoms with Gasteiger partial charge in [0.1, 0.15) is 0 Å². The lowest BCUT2D eigenvalue weighted by molar-refractivity contribution is 0.0608. The van der Waals surface area contributed by atoms with E-state index in [0.717, 1.165) is 0 Å². The molecular weight excluding hydrogens is 402 g/mol. The maximum absolute atomic E-state index is 13.1. The molecule has 1 fully saturated rings. The average molecular weight is 426 g/mol. The summed E-state index contributed by atoms with van der Waals surface area (Å²) in [6.07, 6.45) is 0.687. The van der Waals surface area contributed by atoms with E-state index in [2.05, 4.69) is 0 Å². The van der Waals surface area contributed by atoms with Gasteiger partial charge in [-0.1, -0.05) is 6.07 Å². The standard InChI is InChI=1S/C22H23N3O4S/c1-14(2)25-20(27)16-7-6-15(13-17(16)21(25)28)19(26)23-8-4-9-24(11-10-23)22(29)18-5-3-12-30-18/h3,5-7,12-14H,4,8-11H2,1-2H3. The van der Waals surface area contributed by atoms with Gasteiger partial charge in [0.15, 0.2) is 0 Å². The van der Waals surface area contributed by atoms with Crippen molar-refractivity contribution < 1.29 is 19.2 Å². The van der Waals surface area contributed by atoms with Crippen LogP contribution in [0.1, 0.15) is 61.0 Å². The summed E-state index contributed by atoms with van der Waals surface area (Å²) in [5.74, 6) is -0.870. The van der Waals surface area contributed by atoms with Crippen molar-refractivity contribution in [2.45, 2.75) is 26.3 Å². The second-order valence-electron chi connectivity index (χ2n) is 7.75. The maximum atomic E-state index is 13.1. The van der Waals surface area contributed by atoms with E-state index in [1.165, 1.54) is 22.3 Å². The van der Waals surface area contributed by atoms with Crippen LogP contribution in [0, 0.1) is 0 Å². The van der Waals surface area contributed by atoms with Crippen LogP contribution >= 0.6 is 11.3 Å². The fraction of sp³-hybridized carbons (Fsp3) is 0.364. The lowest BCUT2D eigenvalue weighted by atomic mass is 10.0. The monoisotopic (exact) mass is 425 g/mol. The number of imide groups is 1. The fourth-order valence-electron chi connectivity index (χ4n) is 3.92. The number of carbonyl (C=O) groups excluding carboxylic acids is 4. The first-order valence-corrected chi connectivity index (χ1v) is 10.9. The highest BCUT2D eigenvalue weighted by molar-refractivity contribution is 7.12. The molecule has 0 spiro atoms. The quantitative estimate of drug-likeness (QED) is 0.709. The van der Waals surface area contributed by atoms with E-state index in [1.54, 1.807) is 35.8 Å². The molecule has 7 nitrogen and oxygen atoms in total. The van der Waals surface area contributed by atoms with Crippen molar-refractivity contribution in [3.05, 3.63) is 57.3 Å². The number of benzene rings is 1. The number of fused-ring (bicyclic) bond motifs is 1. The Bertz CT molecular complexity index is 1020. The number of hydrogen-bond acceptors (Lipinski definition) is 5. The van der Waals surface area contributed by atoms with E-state index >= 15 is 0 Å². The van der Waals surface area contributed by atoms with E-state index in [0.29, 0.717) is 48.6 Å². The second kappa shape index (κ2) is 8.02. The van der Waals surface area contributed by atoms with Crippen LogP contribution in [0.3, 0.4) is 0 Å². The molecule has 1 saturated heterocycles. The van der Waals surface area contributed by atoms with Crippen molar-refractivity contribution in [2.24, 2.45) is 0 Å². The van der Waals surface area contributed by atoms with Gasteiger partial charge in [-0.15, -0.1) is 11.3 Å². The number of nitrogens with zero attached hydrogens (tertiary/aromatic N) is 3. The zero-order chi connectivity index (χ0) is 21.4. The molecule has 156 valence electrons. The highest BCUT2D eigenvalue weighted by atomic mass is 32.1. The van der Waals surface area contributed by atoms with Crippen molar-refractivity contribution >= 4 is 35.0 Å². The van der Waals surface area contributed by atoms with Gasteiger partial charge in [-0.3, -0.25) is 24.1 Å². The summed E-state index contributed by atoms with van der Waals surface area (Å²) < 4.78 is 0. The minimum absolute atomic E-state index is 0.00489. The minimum atomic E-state index is -0.358. The summed E-state index contributed by atoms with van der Waals surface area (Å²) in [5.41, 5.74) is 1.01. The Kier molecular flexibility index (Phi) is 5.42. The van der Waals surface area contributed by atoms with Crippen molar-refractivity contribution in [1.29, 1.82) is 0 Å². The minimum Gasteiger partial charge on any atom is -0.337 e. The zero-order valence-electron chi connectivity index (χ0n) is 17.0. The Morgan fingerprint density at radius 1 is 0.900 bits per heavy atom. The summed E-state index contributed by atoms with van der Waals surface area (Å²) in [6, 6.07) is 8.12. The topological polar surface area (TPSA) is 78.0 Å². The van der Waals surface area contributed by atoms with Crippen LogP contribution in [-0.2, 0) is 0 Å². The molecule has 4 rings (SSSR count). The Labute approximate surface area is 178 Å². The van der Waals surface area contributed by atoms with Crippen LogP contribution in [0.5, 0.6) is 0 Å². The third-order valence-electron chi connectivity index (χ3n) is 5.48. The molecule has 0 bridgehead atoms. The fourth-order valence-corrected chi connectivity index (χ4v) is 4.61. The molecule has 3 heterocycles. The van der Waals surface area contributed by atoms with E-state index in [4.69, 9.17) is 0 Å². The molecule has 0 aliphatic carbocycles. The van der Waals surface area contributed by atoms with Gasteiger partial charge in [0, 0.05) is 37.8 Å². The molecule has 2 aliphatic heterocycles. The number of thiophene rings is 1. The third-order valence-corrected chi connectivity index (χ3v) is 6.34. The second-order valence-corrected chi connectivity index (χ2v) is 8.70. The zero-order valence-corrected chi connectivity index (χ0v) is 17.8. The smallest absolute Gasteiger partial charge is 0.263 e. The van der Waals surface area contributed by atoms with E-state index < -0.39 is 0 Å². The Morgan fingerprint density at radius 2 is 1.57 bits per heavy atom. The molecule has 2 aromatic rings. The Balaban J connectivity index is 1.49. The van der Waals surface area contributed by atoms with Gasteiger partial charge < -0.3 is 9.80 Å². The van der Waals surface area contributed by atoms with Crippen molar-refractivity contribution in [3.63, 3.8) is 0 Å². The van der Waals surface area contributed by atoms with Crippen LogP contribution in [-0.4, -0.2) is 70.5 Å². The molecule has 2 aliphatic rings. The van der Waals surface area contributed by atoms with Crippen LogP contribution in [0.2, 0.25) is 0 Å². The summed E-state index contributed by atoms with van der Waals surface area (Å²) in [7, 11) is 0. The number of rotatable bonds is 3. The van der Waals surface area contributed by atoms with Gasteiger partial charge in [0.25, 0.3) is 23.6 Å². The largest absolute Gasteiger partial charge is 0.337 e. The van der Waals surface area contributed by atoms with E-state index in [9.17, 15) is 19.2 Å². The van der Waals surface area contributed by atoms with Gasteiger partial charge in [-0.2, -0.15) is 0 Å². The molecule has 0 N–H and O–H groups in total. The summed E-state index contributed by atoms with van der Waals surface area (Å²) in [6.45, 7) is 5.60. The first-order valence-electron chi connectivity index (χ1n) is 10.0. The van der Waals surface area contributed by atoms with Crippen LogP contribution in [0.15, 0.2) is 35.7 Å². The maximum Gasteiger partial charge on any atom is 0.263 e. The summed E-state index contributed by atoms with van der Waals surface area (Å²) in [4.78, 5) is 56.2. The lowest BCUT2D eigenvalue weighted by Crippen LogP contribution is -2.37. The number of amides is 4. The van der Waals surface area contributed by atoms with Gasteiger partial charge in [-0.25, -0.2) is 0 Å². The molecule has 0 radical (unpaired) electrons. The number of carbonyl (C=O) groups is 4. The Morgan fingerprint density at radius 3 is 2.20 bits per heavy atom. The molecule has 1 aromatic carbocycles. The first-order chi connectivity index (χ1) is 14.4. The Hall–Kier alpha value is -3.00. The van der Waals surface area contributed by atoms with Crippen LogP contribution in [0.25, 0.3) is 0 Å². The SMILES string of the molecule is CC(C)N1C(=O)c2ccc(C(=O)N3CCCN(C(=O)c4cccs4)CC3)cc2C1=O. The molecule has 0 saturated carbocycles. The number of hydrogen-bond donors (Lipinski definition) is 0. The lowest BCUT2D eigenvalue weighted by Gasteiger charge is -2.22. The molecule has 0 atom stereocenters. The molecule has 30 heavy (non-hydrogen) atoms. The van der Waals surface area contributed by atoms with Gasteiger partial charge in [0.2, 0.25) is 0 Å². The van der Waals surface area contributed by atoms with E-state index in [-0.39, 0.29) is 35.2 Å².